The Labute approximate surface area is 148 Å². The number of esters is 1. The zero-order valence-corrected chi connectivity index (χ0v) is 14.0. The maximum Gasteiger partial charge on any atom is 0.363 e. The lowest BCUT2D eigenvalue weighted by atomic mass is 10.1. The predicted octanol–water partition coefficient (Wildman–Crippen LogP) is 4.16. The molecule has 1 heterocycles. The zero-order chi connectivity index (χ0) is 18.0. The van der Waals surface area contributed by atoms with E-state index in [1.807, 2.05) is 13.0 Å². The number of nitro groups is 1. The first-order chi connectivity index (χ1) is 12.0. The summed E-state index contributed by atoms with van der Waals surface area (Å²) in [7, 11) is 0. The van der Waals surface area contributed by atoms with Crippen molar-refractivity contribution < 1.29 is 14.5 Å². The molecule has 0 saturated heterocycles. The number of cyclic esters (lactones) is 1. The van der Waals surface area contributed by atoms with Crippen LogP contribution in [0.2, 0.25) is 5.02 Å². The lowest BCUT2D eigenvalue weighted by Crippen LogP contribution is -2.05. The van der Waals surface area contributed by atoms with Crippen molar-refractivity contribution >= 4 is 35.2 Å². The van der Waals surface area contributed by atoms with Gasteiger partial charge in [0.15, 0.2) is 5.70 Å². The van der Waals surface area contributed by atoms with Gasteiger partial charge in [-0.2, -0.15) is 0 Å². The van der Waals surface area contributed by atoms with E-state index in [2.05, 4.69) is 4.99 Å². The quantitative estimate of drug-likeness (QED) is 0.356. The molecule has 3 rings (SSSR count). The molecule has 1 aliphatic rings. The van der Waals surface area contributed by atoms with Gasteiger partial charge in [0.1, 0.15) is 0 Å². The lowest BCUT2D eigenvalue weighted by molar-refractivity contribution is -0.384. The Morgan fingerprint density at radius 1 is 1.28 bits per heavy atom. The third-order valence-corrected chi connectivity index (χ3v) is 4.05. The Hall–Kier alpha value is -2.99. The van der Waals surface area contributed by atoms with Gasteiger partial charge in [0.2, 0.25) is 5.90 Å². The molecule has 25 heavy (non-hydrogen) atoms. The largest absolute Gasteiger partial charge is 0.402 e. The highest BCUT2D eigenvalue weighted by Gasteiger charge is 2.24. The van der Waals surface area contributed by atoms with Crippen LogP contribution in [0.1, 0.15) is 23.6 Å². The van der Waals surface area contributed by atoms with E-state index in [0.717, 1.165) is 12.0 Å². The molecular formula is C18H13ClN2O4. The number of hydrogen-bond acceptors (Lipinski definition) is 5. The number of aliphatic imine (C=N–C) groups is 1. The number of nitro benzene ring substituents is 1. The molecule has 0 N–H and O–H groups in total. The SMILES string of the molecule is CCc1cc(C2=N/C(=C/c3cccc([N+](=O)[O-])c3)C(=O)O2)ccc1Cl. The first-order valence-corrected chi connectivity index (χ1v) is 7.91. The smallest absolute Gasteiger partial charge is 0.363 e. The molecule has 2 aromatic carbocycles. The monoisotopic (exact) mass is 356 g/mol. The summed E-state index contributed by atoms with van der Waals surface area (Å²) in [6.45, 7) is 1.97. The number of aryl methyl sites for hydroxylation is 1. The molecule has 0 fully saturated rings. The van der Waals surface area contributed by atoms with Crippen LogP contribution in [0.15, 0.2) is 53.2 Å². The summed E-state index contributed by atoms with van der Waals surface area (Å²) >= 11 is 6.09. The van der Waals surface area contributed by atoms with Crippen LogP contribution in [0.4, 0.5) is 5.69 Å². The Morgan fingerprint density at radius 2 is 2.08 bits per heavy atom. The number of ether oxygens (including phenoxy) is 1. The molecule has 126 valence electrons. The van der Waals surface area contributed by atoms with Gasteiger partial charge in [0, 0.05) is 22.7 Å². The highest BCUT2D eigenvalue weighted by Crippen LogP contribution is 2.24. The molecule has 0 bridgehead atoms. The molecule has 0 aromatic heterocycles. The Morgan fingerprint density at radius 3 is 2.80 bits per heavy atom. The second-order valence-electron chi connectivity index (χ2n) is 5.35. The molecule has 2 aromatic rings. The number of rotatable bonds is 4. The van der Waals surface area contributed by atoms with E-state index in [0.29, 0.717) is 16.1 Å². The molecule has 0 atom stereocenters. The summed E-state index contributed by atoms with van der Waals surface area (Å²) in [5.41, 5.74) is 2.10. The van der Waals surface area contributed by atoms with Crippen molar-refractivity contribution in [2.45, 2.75) is 13.3 Å². The first-order valence-electron chi connectivity index (χ1n) is 7.53. The van der Waals surface area contributed by atoms with Crippen LogP contribution in [-0.2, 0) is 16.0 Å². The number of carbonyl (C=O) groups excluding carboxylic acids is 1. The maximum atomic E-state index is 12.0. The predicted molar refractivity (Wildman–Crippen MR) is 94.5 cm³/mol. The fraction of sp³-hybridized carbons (Fsp3) is 0.111. The van der Waals surface area contributed by atoms with Gasteiger partial charge in [-0.1, -0.05) is 30.7 Å². The van der Waals surface area contributed by atoms with Crippen molar-refractivity contribution in [2.24, 2.45) is 4.99 Å². The van der Waals surface area contributed by atoms with Crippen LogP contribution in [0.5, 0.6) is 0 Å². The number of carbonyl (C=O) groups is 1. The summed E-state index contributed by atoms with van der Waals surface area (Å²) in [5.74, 6) is -0.414. The average Bonchev–Trinajstić information content (AvgIpc) is 2.96. The number of hydrogen-bond donors (Lipinski definition) is 0. The summed E-state index contributed by atoms with van der Waals surface area (Å²) in [4.78, 5) is 26.6. The second kappa shape index (κ2) is 6.86. The molecular weight excluding hydrogens is 344 g/mol. The fourth-order valence-corrected chi connectivity index (χ4v) is 2.65. The Bertz CT molecular complexity index is 934. The van der Waals surface area contributed by atoms with E-state index in [9.17, 15) is 14.9 Å². The average molecular weight is 357 g/mol. The van der Waals surface area contributed by atoms with E-state index < -0.39 is 10.9 Å². The van der Waals surface area contributed by atoms with Gasteiger partial charge in [-0.15, -0.1) is 0 Å². The van der Waals surface area contributed by atoms with E-state index in [4.69, 9.17) is 16.3 Å². The van der Waals surface area contributed by atoms with Crippen LogP contribution in [0, 0.1) is 10.1 Å². The molecule has 0 aliphatic carbocycles. The van der Waals surface area contributed by atoms with Gasteiger partial charge in [-0.05, 0) is 41.8 Å². The van der Waals surface area contributed by atoms with E-state index in [1.54, 1.807) is 24.3 Å². The molecule has 6 nitrogen and oxygen atoms in total. The topological polar surface area (TPSA) is 81.8 Å². The first kappa shape index (κ1) is 16.9. The highest BCUT2D eigenvalue weighted by molar-refractivity contribution is 6.31. The number of nitrogens with zero attached hydrogens (tertiary/aromatic N) is 2. The van der Waals surface area contributed by atoms with E-state index in [1.165, 1.54) is 18.2 Å². The zero-order valence-electron chi connectivity index (χ0n) is 13.2. The van der Waals surface area contributed by atoms with E-state index >= 15 is 0 Å². The minimum absolute atomic E-state index is 0.0600. The van der Waals surface area contributed by atoms with Crippen LogP contribution in [0.3, 0.4) is 0 Å². The Kier molecular flexibility index (Phi) is 4.63. The third-order valence-electron chi connectivity index (χ3n) is 3.68. The van der Waals surface area contributed by atoms with Gasteiger partial charge >= 0.3 is 5.97 Å². The molecule has 0 radical (unpaired) electrons. The number of non-ortho nitro benzene ring substituents is 1. The number of benzene rings is 2. The Balaban J connectivity index is 1.95. The van der Waals surface area contributed by atoms with Gasteiger partial charge in [-0.25, -0.2) is 9.79 Å². The van der Waals surface area contributed by atoms with Gasteiger partial charge in [-0.3, -0.25) is 10.1 Å². The number of halogens is 1. The molecule has 7 heteroatoms. The van der Waals surface area contributed by atoms with Crippen molar-refractivity contribution in [3.63, 3.8) is 0 Å². The lowest BCUT2D eigenvalue weighted by Gasteiger charge is -2.04. The van der Waals surface area contributed by atoms with Crippen LogP contribution in [0.25, 0.3) is 6.08 Å². The molecule has 0 saturated carbocycles. The second-order valence-corrected chi connectivity index (χ2v) is 5.76. The summed E-state index contributed by atoms with van der Waals surface area (Å²) in [6.07, 6.45) is 2.20. The summed E-state index contributed by atoms with van der Waals surface area (Å²) in [6, 6.07) is 11.2. The standard InChI is InChI=1S/C18H13ClN2O4/c1-2-12-10-13(6-7-15(12)19)17-20-16(18(22)25-17)9-11-4-3-5-14(8-11)21(23)24/h3-10H,2H2,1H3/b16-9+. The minimum Gasteiger partial charge on any atom is -0.402 e. The summed E-state index contributed by atoms with van der Waals surface area (Å²) < 4.78 is 5.22. The summed E-state index contributed by atoms with van der Waals surface area (Å²) in [5, 5.41) is 11.5. The third kappa shape index (κ3) is 3.59. The van der Waals surface area contributed by atoms with Crippen molar-refractivity contribution in [3.8, 4) is 0 Å². The molecule has 0 unspecified atom stereocenters. The van der Waals surface area contributed by atoms with Gasteiger partial charge in [0.05, 0.1) is 4.92 Å². The van der Waals surface area contributed by atoms with E-state index in [-0.39, 0.29) is 17.3 Å². The van der Waals surface area contributed by atoms with Gasteiger partial charge in [0.25, 0.3) is 5.69 Å². The molecule has 0 amide bonds. The molecule has 1 aliphatic heterocycles. The van der Waals surface area contributed by atoms with Gasteiger partial charge < -0.3 is 4.74 Å². The van der Waals surface area contributed by atoms with Crippen molar-refractivity contribution in [1.29, 1.82) is 0 Å². The van der Waals surface area contributed by atoms with Crippen molar-refractivity contribution in [1.82, 2.24) is 0 Å². The van der Waals surface area contributed by atoms with Crippen molar-refractivity contribution in [2.75, 3.05) is 0 Å². The fourth-order valence-electron chi connectivity index (χ4n) is 2.40. The minimum atomic E-state index is -0.602. The highest BCUT2D eigenvalue weighted by atomic mass is 35.5. The molecule has 0 spiro atoms. The van der Waals surface area contributed by atoms with Crippen molar-refractivity contribution in [3.05, 3.63) is 80.0 Å². The van der Waals surface area contributed by atoms with Crippen LogP contribution < -0.4 is 0 Å². The van der Waals surface area contributed by atoms with Crippen LogP contribution >= 0.6 is 11.6 Å². The van der Waals surface area contributed by atoms with Crippen LogP contribution in [-0.4, -0.2) is 16.8 Å². The maximum absolute atomic E-state index is 12.0. The normalized spacial score (nSPS) is 15.2.